The van der Waals surface area contributed by atoms with Crippen LogP contribution in [-0.2, 0) is 0 Å². The lowest BCUT2D eigenvalue weighted by atomic mass is 10.4. The Morgan fingerprint density at radius 2 is 1.78 bits per heavy atom. The number of halogens is 1. The zero-order chi connectivity index (χ0) is 7.86. The van der Waals surface area contributed by atoms with Crippen LogP contribution in [0.25, 0.3) is 0 Å². The highest BCUT2D eigenvalue weighted by Gasteiger charge is 1.86. The molecule has 0 saturated carbocycles. The summed E-state index contributed by atoms with van der Waals surface area (Å²) in [5, 5.41) is 0. The molecule has 0 radical (unpaired) electrons. The van der Waals surface area contributed by atoms with E-state index < -0.39 is 14.8 Å². The molecule has 1 unspecified atom stereocenters. The fraction of sp³-hybridized carbons (Fsp3) is 1.00. The number of hydrogen-bond acceptors (Lipinski definition) is 5. The van der Waals surface area contributed by atoms with Gasteiger partial charge in [-0.2, -0.15) is 0 Å². The molecule has 0 amide bonds. The highest BCUT2D eigenvalue weighted by atomic mass is 80.0. The molecule has 58 valence electrons. The van der Waals surface area contributed by atoms with Crippen molar-refractivity contribution in [1.29, 1.82) is 0 Å². The van der Waals surface area contributed by atoms with Crippen LogP contribution >= 0.6 is 0 Å². The van der Waals surface area contributed by atoms with Crippen molar-refractivity contribution in [2.75, 3.05) is 6.54 Å². The highest BCUT2D eigenvalue weighted by molar-refractivity contribution is 4.48. The molecule has 9 heavy (non-hydrogen) atoms. The molecule has 0 aromatic heterocycles. The van der Waals surface area contributed by atoms with Gasteiger partial charge in [-0.05, 0) is 11.1 Å². The Bertz CT molecular complexity index is 49.6. The van der Waals surface area contributed by atoms with E-state index in [0.717, 1.165) is 0 Å². The zero-order valence-electron chi connectivity index (χ0n) is 5.08. The summed E-state index contributed by atoms with van der Waals surface area (Å²) < 4.78 is 24.3. The van der Waals surface area contributed by atoms with Gasteiger partial charge in [0.15, 0.2) is 0 Å². The summed E-state index contributed by atoms with van der Waals surface area (Å²) in [6.45, 7) is 2.46. The van der Waals surface area contributed by atoms with Gasteiger partial charge in [0.05, 0.1) is 0 Å². The van der Waals surface area contributed by atoms with Gasteiger partial charge < -0.3 is 19.9 Å². The van der Waals surface area contributed by atoms with E-state index in [0.29, 0.717) is 6.54 Å². The van der Waals surface area contributed by atoms with Gasteiger partial charge in [-0.25, -0.2) is 0 Å². The molecule has 6 heteroatoms. The van der Waals surface area contributed by atoms with E-state index in [9.17, 15) is 0 Å². The summed E-state index contributed by atoms with van der Waals surface area (Å²) in [5.74, 6) is 0. The molecule has 0 rings (SSSR count). The average Bonchev–Trinajstić information content (AvgIpc) is 1.65. The second kappa shape index (κ2) is 8.28. The molecule has 5 N–H and O–H groups in total. The monoisotopic (exact) mass is 202 g/mol. The molecule has 0 spiro atoms. The second-order valence-electron chi connectivity index (χ2n) is 1.41. The van der Waals surface area contributed by atoms with E-state index in [4.69, 9.17) is 24.1 Å². The molecule has 5 nitrogen and oxygen atoms in total. The van der Waals surface area contributed by atoms with Crippen LogP contribution in [0.4, 0.5) is 0 Å². The van der Waals surface area contributed by atoms with Gasteiger partial charge in [-0.1, -0.05) is 0 Å². The summed E-state index contributed by atoms with van der Waals surface area (Å²) >= 11 is -3.40. The van der Waals surface area contributed by atoms with Gasteiger partial charge in [-0.3, -0.25) is 0 Å². The molecular formula is C3H11BrN2O3. The normalized spacial score (nSPS) is 12.3. The highest BCUT2D eigenvalue weighted by Crippen LogP contribution is 1.59. The van der Waals surface area contributed by atoms with Crippen LogP contribution in [0.1, 0.15) is 6.92 Å². The number of rotatable bonds is 1. The molecule has 0 aromatic rings. The van der Waals surface area contributed by atoms with E-state index in [1.165, 1.54) is 0 Å². The fourth-order valence-corrected chi connectivity index (χ4v) is 0. The topological polar surface area (TPSA) is 118 Å². The molecule has 0 aromatic carbocycles. The van der Waals surface area contributed by atoms with Crippen LogP contribution in [0.15, 0.2) is 0 Å². The van der Waals surface area contributed by atoms with Crippen LogP contribution < -0.4 is 19.9 Å². The Morgan fingerprint density at radius 1 is 1.67 bits per heavy atom. The van der Waals surface area contributed by atoms with Gasteiger partial charge in [0.25, 0.3) is 0 Å². The van der Waals surface area contributed by atoms with Crippen molar-refractivity contribution >= 4 is 0 Å². The van der Waals surface area contributed by atoms with Crippen LogP contribution in [0.2, 0.25) is 0 Å². The molecule has 0 aliphatic heterocycles. The van der Waals surface area contributed by atoms with Crippen molar-refractivity contribution < 1.29 is 27.4 Å². The van der Waals surface area contributed by atoms with Crippen molar-refractivity contribution in [1.82, 2.24) is 0 Å². The summed E-state index contributed by atoms with van der Waals surface area (Å²) in [6, 6.07) is 0.162. The van der Waals surface area contributed by atoms with Crippen LogP contribution in [-0.4, -0.2) is 16.8 Å². The minimum Gasteiger partial charge on any atom is -0.372 e. The molecule has 0 aliphatic rings. The predicted octanol–water partition coefficient (Wildman–Crippen LogP) is -3.64. The van der Waals surface area contributed by atoms with Gasteiger partial charge in [-0.15, -0.1) is 0 Å². The minimum absolute atomic E-state index is 0.162. The quantitative estimate of drug-likeness (QED) is 0.406. The summed E-state index contributed by atoms with van der Waals surface area (Å²) in [7, 11) is 0. The first kappa shape index (κ1) is 12.0. The van der Waals surface area contributed by atoms with Gasteiger partial charge in [0, 0.05) is 12.6 Å². The van der Waals surface area contributed by atoms with Gasteiger partial charge in [0.2, 0.25) is 0 Å². The van der Waals surface area contributed by atoms with Crippen molar-refractivity contribution in [3.05, 3.63) is 0 Å². The average molecular weight is 203 g/mol. The van der Waals surface area contributed by atoms with Gasteiger partial charge >= 0.3 is 14.8 Å². The maximum absolute atomic E-state index is 8.63. The third-order valence-electron chi connectivity index (χ3n) is 0.372. The van der Waals surface area contributed by atoms with E-state index in [2.05, 4.69) is 0 Å². The molecule has 0 heterocycles. The molecule has 0 saturated heterocycles. The first-order chi connectivity index (χ1) is 4.00. The van der Waals surface area contributed by atoms with Crippen molar-refractivity contribution in [3.63, 3.8) is 0 Å². The lowest BCUT2D eigenvalue weighted by molar-refractivity contribution is -1.63. The molecule has 0 fully saturated rings. The Hall–Kier alpha value is 0.280. The Balaban J connectivity index is 0. The molecule has 1 atom stereocenters. The smallest absolute Gasteiger partial charge is 0.372 e. The largest absolute Gasteiger partial charge is 0.433 e. The fourth-order valence-electron chi connectivity index (χ4n) is 0. The Morgan fingerprint density at radius 3 is 1.78 bits per heavy atom. The lowest BCUT2D eigenvalue weighted by Crippen LogP contribution is -2.30. The summed E-state index contributed by atoms with van der Waals surface area (Å²) in [5.41, 5.74) is 10.2. The number of hydrogen-bond donors (Lipinski definition) is 3. The Labute approximate surface area is 59.1 Å². The van der Waals surface area contributed by atoms with Gasteiger partial charge in [0.1, 0.15) is 0 Å². The standard InChI is InChI=1S/C3H10N2.BrHO3/c1-3(5)2-4;2-1(3)4/h3H,2,4-5H2,1H3;2H. The SMILES string of the molecule is CC(N)CN.[O-][Br+2]([O-])O. The third kappa shape index (κ3) is 62.8. The van der Waals surface area contributed by atoms with E-state index in [1.807, 2.05) is 6.92 Å². The van der Waals surface area contributed by atoms with Crippen molar-refractivity contribution in [3.8, 4) is 0 Å². The van der Waals surface area contributed by atoms with E-state index in [1.54, 1.807) is 0 Å². The zero-order valence-corrected chi connectivity index (χ0v) is 6.67. The second-order valence-corrected chi connectivity index (χ2v) is 2.26. The summed E-state index contributed by atoms with van der Waals surface area (Å²) in [4.78, 5) is 0. The van der Waals surface area contributed by atoms with E-state index in [-0.39, 0.29) is 6.04 Å². The molecule has 0 aliphatic carbocycles. The first-order valence-corrected chi connectivity index (χ1v) is 4.21. The molecule has 0 bridgehead atoms. The minimum atomic E-state index is -3.40. The van der Waals surface area contributed by atoms with Crippen LogP contribution in [0.3, 0.4) is 0 Å². The maximum Gasteiger partial charge on any atom is 0.433 e. The van der Waals surface area contributed by atoms with Crippen molar-refractivity contribution in [2.45, 2.75) is 13.0 Å². The first-order valence-electron chi connectivity index (χ1n) is 2.20. The third-order valence-corrected chi connectivity index (χ3v) is 0.372. The number of nitrogens with two attached hydrogens (primary N) is 2. The van der Waals surface area contributed by atoms with Crippen molar-refractivity contribution in [2.24, 2.45) is 11.5 Å². The Kier molecular flexibility index (Phi) is 11.0. The van der Waals surface area contributed by atoms with E-state index >= 15 is 0 Å². The lowest BCUT2D eigenvalue weighted by Gasteiger charge is -1.92. The van der Waals surface area contributed by atoms with Crippen LogP contribution in [0, 0.1) is 14.8 Å². The summed E-state index contributed by atoms with van der Waals surface area (Å²) in [6.07, 6.45) is 0. The predicted molar refractivity (Wildman–Crippen MR) is 24.9 cm³/mol. The van der Waals surface area contributed by atoms with Crippen LogP contribution in [0.5, 0.6) is 0 Å². The maximum atomic E-state index is 8.63. The molecular weight excluding hydrogens is 192 g/mol.